The second-order valence-electron chi connectivity index (χ2n) is 6.91. The number of para-hydroxylation sites is 1. The van der Waals surface area contributed by atoms with Gasteiger partial charge in [0.15, 0.2) is 0 Å². The van der Waals surface area contributed by atoms with Gasteiger partial charge in [-0.3, -0.25) is 4.79 Å². The maximum absolute atomic E-state index is 12.2. The van der Waals surface area contributed by atoms with Crippen molar-refractivity contribution in [3.63, 3.8) is 0 Å². The number of primary amides is 1. The van der Waals surface area contributed by atoms with Crippen LogP contribution in [0.5, 0.6) is 11.5 Å². The van der Waals surface area contributed by atoms with Crippen LogP contribution in [0.25, 0.3) is 16.6 Å². The lowest BCUT2D eigenvalue weighted by molar-refractivity contribution is 0.100. The third-order valence-corrected chi connectivity index (χ3v) is 5.34. The van der Waals surface area contributed by atoms with Crippen LogP contribution >= 0.6 is 0 Å². The zero-order chi connectivity index (χ0) is 20.1. The Bertz CT molecular complexity index is 1280. The third kappa shape index (κ3) is 2.51. The number of hydrogen-bond acceptors (Lipinski definition) is 5. The Balaban J connectivity index is 1.85. The minimum absolute atomic E-state index is 0.112. The van der Waals surface area contributed by atoms with Crippen molar-refractivity contribution < 1.29 is 14.6 Å². The van der Waals surface area contributed by atoms with Crippen LogP contribution in [0.15, 0.2) is 60.9 Å². The summed E-state index contributed by atoms with van der Waals surface area (Å²) in [7, 11) is 1.55. The molecule has 0 radical (unpaired) electrons. The Morgan fingerprint density at radius 1 is 1.21 bits per heavy atom. The van der Waals surface area contributed by atoms with Gasteiger partial charge in [-0.2, -0.15) is 5.10 Å². The molecule has 29 heavy (non-hydrogen) atoms. The van der Waals surface area contributed by atoms with Crippen molar-refractivity contribution in [2.75, 3.05) is 12.4 Å². The molecule has 0 aliphatic carbocycles. The summed E-state index contributed by atoms with van der Waals surface area (Å²) in [6, 6.07) is 14.5. The fourth-order valence-corrected chi connectivity index (χ4v) is 4.00. The Hall–Kier alpha value is -4.00. The van der Waals surface area contributed by atoms with E-state index in [4.69, 9.17) is 10.5 Å². The predicted octanol–water partition coefficient (Wildman–Crippen LogP) is 3.33. The van der Waals surface area contributed by atoms with Crippen LogP contribution in [0.2, 0.25) is 0 Å². The van der Waals surface area contributed by atoms with Gasteiger partial charge in [0.25, 0.3) is 5.91 Å². The van der Waals surface area contributed by atoms with E-state index in [2.05, 4.69) is 10.4 Å². The number of carbonyl (C=O) groups is 1. The van der Waals surface area contributed by atoms with E-state index in [1.54, 1.807) is 23.8 Å². The number of nitrogens with two attached hydrogens (primary N) is 1. The molecule has 4 N–H and O–H groups in total. The summed E-state index contributed by atoms with van der Waals surface area (Å²) in [5, 5.41) is 18.6. The summed E-state index contributed by atoms with van der Waals surface area (Å²) in [6.45, 7) is 0. The average molecular weight is 386 g/mol. The maximum atomic E-state index is 12.2. The number of ether oxygens (including phenoxy) is 1. The van der Waals surface area contributed by atoms with Gasteiger partial charge in [-0.25, -0.2) is 4.52 Å². The molecule has 1 aliphatic heterocycles. The largest absolute Gasteiger partial charge is 0.507 e. The topological polar surface area (TPSA) is 102 Å². The number of benzene rings is 2. The van der Waals surface area contributed by atoms with E-state index in [9.17, 15) is 9.90 Å². The second kappa shape index (κ2) is 6.27. The molecule has 0 saturated heterocycles. The lowest BCUT2D eigenvalue weighted by Crippen LogP contribution is -2.14. The number of aromatic nitrogens is 2. The van der Waals surface area contributed by atoms with E-state index >= 15 is 0 Å². The zero-order valence-corrected chi connectivity index (χ0v) is 15.6. The van der Waals surface area contributed by atoms with Crippen molar-refractivity contribution in [1.29, 1.82) is 0 Å². The molecule has 4 aromatic rings. The highest BCUT2D eigenvalue weighted by molar-refractivity contribution is 6.07. The van der Waals surface area contributed by atoms with Crippen molar-refractivity contribution >= 4 is 17.1 Å². The number of carbonyl (C=O) groups excluding carboxylic acids is 1. The highest BCUT2D eigenvalue weighted by atomic mass is 16.5. The van der Waals surface area contributed by atoms with Gasteiger partial charge in [0.2, 0.25) is 0 Å². The summed E-state index contributed by atoms with van der Waals surface area (Å²) in [6.07, 6.45) is 3.33. The molecule has 0 fully saturated rings. The molecular weight excluding hydrogens is 368 g/mol. The van der Waals surface area contributed by atoms with Crippen molar-refractivity contribution in [1.82, 2.24) is 9.61 Å². The van der Waals surface area contributed by atoms with Crippen molar-refractivity contribution in [2.45, 2.75) is 6.04 Å². The standard InChI is InChI=1S/C22H18N4O3/c1-29-12-6-7-14(18(27)10-12)20-15-8-9-26-21(15)19(16(11-24-26)22(23)28)13-4-2-3-5-17(13)25-20/h2-11,20,25,27H,1H3,(H2,23,28). The van der Waals surface area contributed by atoms with Gasteiger partial charge in [0, 0.05) is 40.2 Å². The van der Waals surface area contributed by atoms with Crippen LogP contribution in [0, 0.1) is 0 Å². The minimum Gasteiger partial charge on any atom is -0.507 e. The predicted molar refractivity (Wildman–Crippen MR) is 109 cm³/mol. The number of rotatable bonds is 3. The number of phenolic OH excluding ortho intramolecular Hbond substituents is 1. The summed E-state index contributed by atoms with van der Waals surface area (Å²) in [4.78, 5) is 12.2. The highest BCUT2D eigenvalue weighted by Gasteiger charge is 2.29. The number of aromatic hydroxyl groups is 1. The van der Waals surface area contributed by atoms with Crippen LogP contribution in [0.3, 0.4) is 0 Å². The first kappa shape index (κ1) is 17.1. The lowest BCUT2D eigenvalue weighted by atomic mass is 9.96. The first-order valence-electron chi connectivity index (χ1n) is 9.11. The molecule has 144 valence electrons. The summed E-state index contributed by atoms with van der Waals surface area (Å²) in [5.74, 6) is 0.143. The number of amides is 1. The van der Waals surface area contributed by atoms with E-state index in [-0.39, 0.29) is 11.8 Å². The molecule has 0 bridgehead atoms. The first-order chi connectivity index (χ1) is 14.1. The van der Waals surface area contributed by atoms with Gasteiger partial charge in [-0.15, -0.1) is 0 Å². The fraction of sp³-hybridized carbons (Fsp3) is 0.0909. The van der Waals surface area contributed by atoms with E-state index in [1.165, 1.54) is 6.20 Å². The minimum atomic E-state index is -0.539. The number of nitrogens with zero attached hydrogens (tertiary/aromatic N) is 2. The van der Waals surface area contributed by atoms with E-state index < -0.39 is 5.91 Å². The quantitative estimate of drug-likeness (QED) is 0.501. The molecule has 1 atom stereocenters. The van der Waals surface area contributed by atoms with Crippen LogP contribution in [0.1, 0.15) is 27.5 Å². The zero-order valence-electron chi connectivity index (χ0n) is 15.6. The van der Waals surface area contributed by atoms with Gasteiger partial charge in [0.05, 0.1) is 30.4 Å². The fourth-order valence-electron chi connectivity index (χ4n) is 4.00. The number of fused-ring (bicyclic) bond motifs is 2. The summed E-state index contributed by atoms with van der Waals surface area (Å²) >= 11 is 0. The molecule has 1 amide bonds. The Morgan fingerprint density at radius 2 is 2.03 bits per heavy atom. The number of methoxy groups -OCH3 is 1. The van der Waals surface area contributed by atoms with Crippen LogP contribution in [-0.4, -0.2) is 27.7 Å². The van der Waals surface area contributed by atoms with Crippen LogP contribution in [-0.2, 0) is 0 Å². The number of anilines is 1. The Labute approximate surface area is 166 Å². The Morgan fingerprint density at radius 3 is 2.79 bits per heavy atom. The average Bonchev–Trinajstić information content (AvgIpc) is 3.09. The Kier molecular flexibility index (Phi) is 3.70. The molecule has 2 aromatic heterocycles. The molecule has 7 nitrogen and oxygen atoms in total. The maximum Gasteiger partial charge on any atom is 0.251 e. The third-order valence-electron chi connectivity index (χ3n) is 5.34. The van der Waals surface area contributed by atoms with Crippen LogP contribution < -0.4 is 15.8 Å². The molecular formula is C22H18N4O3. The monoisotopic (exact) mass is 386 g/mol. The number of nitrogens with one attached hydrogen (secondary N) is 1. The molecule has 7 heteroatoms. The van der Waals surface area contributed by atoms with Crippen molar-refractivity contribution in [3.8, 4) is 22.6 Å². The van der Waals surface area contributed by atoms with E-state index in [0.717, 1.165) is 27.9 Å². The molecule has 5 rings (SSSR count). The lowest BCUT2D eigenvalue weighted by Gasteiger charge is -2.20. The van der Waals surface area contributed by atoms with Gasteiger partial charge < -0.3 is 20.9 Å². The first-order valence-corrected chi connectivity index (χ1v) is 9.11. The second-order valence-corrected chi connectivity index (χ2v) is 6.91. The molecule has 1 aliphatic rings. The SMILES string of the molecule is COc1ccc(C2Nc3ccccc3-c3c(C(N)=O)cnn4ccc2c34)c(O)c1. The number of phenols is 1. The summed E-state index contributed by atoms with van der Waals surface area (Å²) < 4.78 is 6.94. The van der Waals surface area contributed by atoms with Crippen molar-refractivity contribution in [3.05, 3.63) is 77.6 Å². The molecule has 2 aromatic carbocycles. The van der Waals surface area contributed by atoms with Crippen molar-refractivity contribution in [2.24, 2.45) is 5.73 Å². The highest BCUT2D eigenvalue weighted by Crippen LogP contribution is 2.45. The van der Waals surface area contributed by atoms with Gasteiger partial charge in [-0.1, -0.05) is 18.2 Å². The van der Waals surface area contributed by atoms with Gasteiger partial charge in [0.1, 0.15) is 11.5 Å². The number of hydrogen-bond donors (Lipinski definition) is 3. The normalized spacial score (nSPS) is 14.7. The summed E-state index contributed by atoms with van der Waals surface area (Å²) in [5.41, 5.74) is 10.8. The molecule has 3 heterocycles. The molecule has 0 spiro atoms. The van der Waals surface area contributed by atoms with Crippen LogP contribution in [0.4, 0.5) is 5.69 Å². The van der Waals surface area contributed by atoms with Gasteiger partial charge >= 0.3 is 0 Å². The van der Waals surface area contributed by atoms with E-state index in [0.29, 0.717) is 16.9 Å². The van der Waals surface area contributed by atoms with Gasteiger partial charge in [-0.05, 0) is 24.3 Å². The van der Waals surface area contributed by atoms with E-state index in [1.807, 2.05) is 42.6 Å². The molecule has 1 unspecified atom stereocenters. The smallest absolute Gasteiger partial charge is 0.251 e. The molecule has 0 saturated carbocycles.